The van der Waals surface area contributed by atoms with Gasteiger partial charge < -0.3 is 5.73 Å². The van der Waals surface area contributed by atoms with Crippen molar-refractivity contribution in [1.29, 1.82) is 0 Å². The quantitative estimate of drug-likeness (QED) is 0.864. The molecule has 1 aromatic rings. The SMILES string of the molecule is Cc1ccccc1CC(N)CSC1CCCC1. The van der Waals surface area contributed by atoms with Crippen molar-refractivity contribution in [2.24, 2.45) is 5.73 Å². The first-order chi connectivity index (χ1) is 8.25. The monoisotopic (exact) mass is 249 g/mol. The van der Waals surface area contributed by atoms with Gasteiger partial charge in [-0.2, -0.15) is 11.8 Å². The Morgan fingerprint density at radius 2 is 2.00 bits per heavy atom. The molecule has 0 saturated heterocycles. The second-order valence-electron chi connectivity index (χ2n) is 5.13. The van der Waals surface area contributed by atoms with E-state index < -0.39 is 0 Å². The molecule has 94 valence electrons. The lowest BCUT2D eigenvalue weighted by molar-refractivity contribution is 0.741. The van der Waals surface area contributed by atoms with Crippen molar-refractivity contribution in [3.8, 4) is 0 Å². The number of nitrogens with two attached hydrogens (primary N) is 1. The maximum atomic E-state index is 6.23. The lowest BCUT2D eigenvalue weighted by Gasteiger charge is -2.15. The zero-order chi connectivity index (χ0) is 12.1. The van der Waals surface area contributed by atoms with Crippen LogP contribution in [-0.4, -0.2) is 17.0 Å². The van der Waals surface area contributed by atoms with Gasteiger partial charge in [-0.05, 0) is 37.3 Å². The third kappa shape index (κ3) is 4.04. The molecule has 0 bridgehead atoms. The van der Waals surface area contributed by atoms with Crippen LogP contribution in [0.15, 0.2) is 24.3 Å². The normalized spacial score (nSPS) is 18.5. The van der Waals surface area contributed by atoms with Gasteiger partial charge >= 0.3 is 0 Å². The molecule has 0 spiro atoms. The number of hydrogen-bond donors (Lipinski definition) is 1. The summed E-state index contributed by atoms with van der Waals surface area (Å²) in [5, 5.41) is 0.887. The van der Waals surface area contributed by atoms with Crippen molar-refractivity contribution in [3.63, 3.8) is 0 Å². The predicted octanol–water partition coefficient (Wildman–Crippen LogP) is 3.54. The van der Waals surface area contributed by atoms with Gasteiger partial charge in [0.2, 0.25) is 0 Å². The fraction of sp³-hybridized carbons (Fsp3) is 0.600. The largest absolute Gasteiger partial charge is 0.327 e. The highest BCUT2D eigenvalue weighted by atomic mass is 32.2. The lowest BCUT2D eigenvalue weighted by atomic mass is 10.0. The van der Waals surface area contributed by atoms with Crippen LogP contribution < -0.4 is 5.73 Å². The Labute approximate surface area is 109 Å². The van der Waals surface area contributed by atoms with E-state index in [4.69, 9.17) is 5.73 Å². The van der Waals surface area contributed by atoms with E-state index in [-0.39, 0.29) is 0 Å². The zero-order valence-corrected chi connectivity index (χ0v) is 11.5. The van der Waals surface area contributed by atoms with E-state index >= 15 is 0 Å². The predicted molar refractivity (Wildman–Crippen MR) is 77.6 cm³/mol. The van der Waals surface area contributed by atoms with Gasteiger partial charge in [-0.25, -0.2) is 0 Å². The highest BCUT2D eigenvalue weighted by molar-refractivity contribution is 7.99. The molecule has 2 rings (SSSR count). The molecule has 0 aromatic heterocycles. The minimum Gasteiger partial charge on any atom is -0.327 e. The summed E-state index contributed by atoms with van der Waals surface area (Å²) in [6, 6.07) is 8.89. The molecule has 1 nitrogen and oxygen atoms in total. The van der Waals surface area contributed by atoms with Gasteiger partial charge in [0.25, 0.3) is 0 Å². The number of benzene rings is 1. The van der Waals surface area contributed by atoms with Crippen LogP contribution in [0.4, 0.5) is 0 Å². The number of aryl methyl sites for hydroxylation is 1. The molecule has 1 saturated carbocycles. The van der Waals surface area contributed by atoms with Crippen LogP contribution in [-0.2, 0) is 6.42 Å². The van der Waals surface area contributed by atoms with Crippen LogP contribution in [0.5, 0.6) is 0 Å². The van der Waals surface area contributed by atoms with E-state index in [1.807, 2.05) is 0 Å². The van der Waals surface area contributed by atoms with Crippen LogP contribution in [0.2, 0.25) is 0 Å². The van der Waals surface area contributed by atoms with Crippen LogP contribution in [0.1, 0.15) is 36.8 Å². The average Bonchev–Trinajstić information content (AvgIpc) is 2.82. The number of hydrogen-bond acceptors (Lipinski definition) is 2. The standard InChI is InChI=1S/C15H23NS/c1-12-6-2-3-7-13(12)10-14(16)11-17-15-8-4-5-9-15/h2-3,6-7,14-15H,4-5,8-11,16H2,1H3. The summed E-state index contributed by atoms with van der Waals surface area (Å²) >= 11 is 2.09. The number of thioether (sulfide) groups is 1. The molecule has 1 aliphatic rings. The summed E-state index contributed by atoms with van der Waals surface area (Å²) in [6.45, 7) is 2.17. The Bertz CT molecular complexity index is 345. The second kappa shape index (κ2) is 6.46. The first kappa shape index (κ1) is 13.0. The Balaban J connectivity index is 1.76. The van der Waals surface area contributed by atoms with Crippen LogP contribution >= 0.6 is 11.8 Å². The third-order valence-corrected chi connectivity index (χ3v) is 5.15. The van der Waals surface area contributed by atoms with E-state index in [0.29, 0.717) is 6.04 Å². The van der Waals surface area contributed by atoms with E-state index in [1.165, 1.54) is 36.8 Å². The van der Waals surface area contributed by atoms with Crippen molar-refractivity contribution < 1.29 is 0 Å². The van der Waals surface area contributed by atoms with Gasteiger partial charge in [-0.1, -0.05) is 37.1 Å². The van der Waals surface area contributed by atoms with E-state index in [2.05, 4.69) is 43.0 Å². The van der Waals surface area contributed by atoms with E-state index in [1.54, 1.807) is 0 Å². The molecule has 1 aromatic carbocycles. The van der Waals surface area contributed by atoms with Gasteiger partial charge in [0.05, 0.1) is 0 Å². The third-order valence-electron chi connectivity index (χ3n) is 3.59. The first-order valence-corrected chi connectivity index (χ1v) is 7.72. The Hall–Kier alpha value is -0.470. The molecule has 1 unspecified atom stereocenters. The molecule has 1 fully saturated rings. The van der Waals surface area contributed by atoms with Crippen molar-refractivity contribution in [2.75, 3.05) is 5.75 Å². The summed E-state index contributed by atoms with van der Waals surface area (Å²) in [7, 11) is 0. The average molecular weight is 249 g/mol. The fourth-order valence-corrected chi connectivity index (χ4v) is 3.80. The smallest absolute Gasteiger partial charge is 0.0171 e. The lowest BCUT2D eigenvalue weighted by Crippen LogP contribution is -2.26. The highest BCUT2D eigenvalue weighted by Gasteiger charge is 2.16. The van der Waals surface area contributed by atoms with Crippen molar-refractivity contribution in [2.45, 2.75) is 50.3 Å². The molecule has 2 N–H and O–H groups in total. The zero-order valence-electron chi connectivity index (χ0n) is 10.7. The summed E-state index contributed by atoms with van der Waals surface area (Å²) < 4.78 is 0. The molecule has 1 atom stereocenters. The molecule has 1 aliphatic carbocycles. The molecule has 0 heterocycles. The maximum Gasteiger partial charge on any atom is 0.0171 e. The minimum atomic E-state index is 0.307. The summed E-state index contributed by atoms with van der Waals surface area (Å²) in [6.07, 6.45) is 6.67. The van der Waals surface area contributed by atoms with Gasteiger partial charge in [0.15, 0.2) is 0 Å². The summed E-state index contributed by atoms with van der Waals surface area (Å²) in [4.78, 5) is 0. The molecule has 0 radical (unpaired) electrons. The maximum absolute atomic E-state index is 6.23. The number of rotatable bonds is 5. The molecular weight excluding hydrogens is 226 g/mol. The van der Waals surface area contributed by atoms with Gasteiger partial charge in [-0.15, -0.1) is 0 Å². The fourth-order valence-electron chi connectivity index (χ4n) is 2.50. The van der Waals surface area contributed by atoms with Gasteiger partial charge in [-0.3, -0.25) is 0 Å². The Morgan fingerprint density at radius 3 is 2.71 bits per heavy atom. The van der Waals surface area contributed by atoms with Crippen LogP contribution in [0.3, 0.4) is 0 Å². The Kier molecular flexibility index (Phi) is 4.93. The van der Waals surface area contributed by atoms with Crippen molar-refractivity contribution >= 4 is 11.8 Å². The highest BCUT2D eigenvalue weighted by Crippen LogP contribution is 2.29. The first-order valence-electron chi connectivity index (χ1n) is 6.67. The minimum absolute atomic E-state index is 0.307. The van der Waals surface area contributed by atoms with Crippen molar-refractivity contribution in [3.05, 3.63) is 35.4 Å². The van der Waals surface area contributed by atoms with E-state index in [0.717, 1.165) is 17.4 Å². The van der Waals surface area contributed by atoms with Gasteiger partial charge in [0.1, 0.15) is 0 Å². The second-order valence-corrected chi connectivity index (χ2v) is 6.46. The molecule has 2 heteroatoms. The van der Waals surface area contributed by atoms with E-state index in [9.17, 15) is 0 Å². The molecular formula is C15H23NS. The van der Waals surface area contributed by atoms with Crippen molar-refractivity contribution in [1.82, 2.24) is 0 Å². The summed E-state index contributed by atoms with van der Waals surface area (Å²) in [5.74, 6) is 1.11. The van der Waals surface area contributed by atoms with Gasteiger partial charge in [0, 0.05) is 17.0 Å². The molecule has 0 aliphatic heterocycles. The Morgan fingerprint density at radius 1 is 1.29 bits per heavy atom. The topological polar surface area (TPSA) is 26.0 Å². The van der Waals surface area contributed by atoms with Crippen LogP contribution in [0.25, 0.3) is 0 Å². The molecule has 0 amide bonds. The summed E-state index contributed by atoms with van der Waals surface area (Å²) in [5.41, 5.74) is 9.01. The molecule has 17 heavy (non-hydrogen) atoms. The van der Waals surface area contributed by atoms with Crippen LogP contribution in [0, 0.1) is 6.92 Å².